The van der Waals surface area contributed by atoms with Crippen molar-refractivity contribution in [2.75, 3.05) is 6.54 Å². The molecular weight excluding hydrogens is 264 g/mol. The fourth-order valence-electron chi connectivity index (χ4n) is 2.65. The van der Waals surface area contributed by atoms with Crippen LogP contribution in [0.2, 0.25) is 0 Å². The number of hydrogen-bond donors (Lipinski definition) is 2. The average molecular weight is 284 g/mol. The summed E-state index contributed by atoms with van der Waals surface area (Å²) in [4.78, 5) is 12.2. The second-order valence-corrected chi connectivity index (χ2v) is 5.48. The fraction of sp³-hybridized carbons (Fsp3) is 0.375. The first-order chi connectivity index (χ1) is 10.2. The van der Waals surface area contributed by atoms with Crippen molar-refractivity contribution in [2.24, 2.45) is 0 Å². The largest absolute Gasteiger partial charge is 0.353 e. The Hall–Kier alpha value is -2.14. The van der Waals surface area contributed by atoms with Gasteiger partial charge in [0.2, 0.25) is 5.91 Å². The van der Waals surface area contributed by atoms with Crippen LogP contribution >= 0.6 is 0 Å². The maximum absolute atomic E-state index is 12.2. The highest BCUT2D eigenvalue weighted by molar-refractivity contribution is 5.82. The molecule has 21 heavy (non-hydrogen) atoms. The maximum Gasteiger partial charge on any atom is 0.237 e. The second kappa shape index (κ2) is 6.10. The number of aryl methyl sites for hydroxylation is 1. The predicted molar refractivity (Wildman–Crippen MR) is 80.7 cm³/mol. The van der Waals surface area contributed by atoms with Crippen LogP contribution < -0.4 is 10.6 Å². The van der Waals surface area contributed by atoms with Crippen molar-refractivity contribution < 1.29 is 4.79 Å². The first kappa shape index (κ1) is 13.8. The van der Waals surface area contributed by atoms with Crippen molar-refractivity contribution in [3.8, 4) is 0 Å². The Morgan fingerprint density at radius 2 is 2.24 bits per heavy atom. The van der Waals surface area contributed by atoms with Crippen LogP contribution in [0.4, 0.5) is 0 Å². The number of fused-ring (bicyclic) bond motifs is 1. The zero-order chi connectivity index (χ0) is 14.7. The van der Waals surface area contributed by atoms with Gasteiger partial charge in [0.1, 0.15) is 0 Å². The van der Waals surface area contributed by atoms with Gasteiger partial charge in [-0.25, -0.2) is 0 Å². The maximum atomic E-state index is 12.2. The van der Waals surface area contributed by atoms with Crippen LogP contribution in [0.25, 0.3) is 0 Å². The molecule has 0 aliphatic carbocycles. The molecule has 1 aromatic carbocycles. The number of rotatable bonds is 4. The van der Waals surface area contributed by atoms with Gasteiger partial charge in [0.25, 0.3) is 0 Å². The lowest BCUT2D eigenvalue weighted by Gasteiger charge is -2.25. The number of amides is 1. The van der Waals surface area contributed by atoms with Gasteiger partial charge in [-0.1, -0.05) is 24.3 Å². The SMILES string of the molecule is Cc1cnn(CCNC(=O)[C@H]2Cc3ccccc3CN2)c1. The lowest BCUT2D eigenvalue weighted by Crippen LogP contribution is -2.48. The Bertz CT molecular complexity index is 635. The van der Waals surface area contributed by atoms with Gasteiger partial charge in [0, 0.05) is 19.3 Å². The molecule has 0 bridgehead atoms. The minimum atomic E-state index is -0.140. The number of aromatic nitrogens is 2. The van der Waals surface area contributed by atoms with E-state index in [9.17, 15) is 4.79 Å². The first-order valence-electron chi connectivity index (χ1n) is 7.29. The number of carbonyl (C=O) groups excluding carboxylic acids is 1. The van der Waals surface area contributed by atoms with Crippen molar-refractivity contribution in [3.63, 3.8) is 0 Å². The third kappa shape index (κ3) is 3.31. The number of nitrogens with zero attached hydrogens (tertiary/aromatic N) is 2. The summed E-state index contributed by atoms with van der Waals surface area (Å²) in [5, 5.41) is 10.5. The molecule has 2 N–H and O–H groups in total. The van der Waals surface area contributed by atoms with Crippen molar-refractivity contribution in [1.29, 1.82) is 0 Å². The predicted octanol–water partition coefficient (Wildman–Crippen LogP) is 1.02. The Balaban J connectivity index is 1.50. The lowest BCUT2D eigenvalue weighted by molar-refractivity contribution is -0.123. The highest BCUT2D eigenvalue weighted by Gasteiger charge is 2.23. The molecule has 1 amide bonds. The molecule has 0 saturated heterocycles. The van der Waals surface area contributed by atoms with E-state index in [1.807, 2.05) is 36.1 Å². The fourth-order valence-corrected chi connectivity index (χ4v) is 2.65. The number of carbonyl (C=O) groups is 1. The smallest absolute Gasteiger partial charge is 0.237 e. The summed E-state index contributed by atoms with van der Waals surface area (Å²) in [6.07, 6.45) is 4.55. The van der Waals surface area contributed by atoms with Gasteiger partial charge >= 0.3 is 0 Å². The Kier molecular flexibility index (Phi) is 4.01. The molecular formula is C16H20N4O. The number of benzene rings is 1. The van der Waals surface area contributed by atoms with Crippen LogP contribution in [0.3, 0.4) is 0 Å². The molecule has 3 rings (SSSR count). The zero-order valence-corrected chi connectivity index (χ0v) is 12.2. The molecule has 0 fully saturated rings. The summed E-state index contributed by atoms with van der Waals surface area (Å²) < 4.78 is 1.85. The van der Waals surface area contributed by atoms with E-state index in [1.165, 1.54) is 11.1 Å². The zero-order valence-electron chi connectivity index (χ0n) is 12.2. The normalized spacial score (nSPS) is 17.3. The minimum absolute atomic E-state index is 0.0633. The molecule has 1 aliphatic rings. The highest BCUT2D eigenvalue weighted by Crippen LogP contribution is 2.16. The Morgan fingerprint density at radius 3 is 3.00 bits per heavy atom. The summed E-state index contributed by atoms with van der Waals surface area (Å²) >= 11 is 0. The van der Waals surface area contributed by atoms with E-state index < -0.39 is 0 Å². The molecule has 1 aromatic heterocycles. The minimum Gasteiger partial charge on any atom is -0.353 e. The third-order valence-corrected chi connectivity index (χ3v) is 3.80. The van der Waals surface area contributed by atoms with E-state index in [0.717, 1.165) is 18.5 Å². The highest BCUT2D eigenvalue weighted by atomic mass is 16.2. The molecule has 1 aliphatic heterocycles. The molecule has 2 aromatic rings. The summed E-state index contributed by atoms with van der Waals surface area (Å²) in [6, 6.07) is 8.13. The van der Waals surface area contributed by atoms with E-state index in [-0.39, 0.29) is 11.9 Å². The summed E-state index contributed by atoms with van der Waals surface area (Å²) in [6.45, 7) is 4.06. The van der Waals surface area contributed by atoms with Crippen LogP contribution in [0.15, 0.2) is 36.7 Å². The third-order valence-electron chi connectivity index (χ3n) is 3.80. The van der Waals surface area contributed by atoms with Crippen molar-refractivity contribution >= 4 is 5.91 Å². The van der Waals surface area contributed by atoms with E-state index in [0.29, 0.717) is 13.1 Å². The van der Waals surface area contributed by atoms with Crippen LogP contribution in [0.5, 0.6) is 0 Å². The molecule has 5 heteroatoms. The Labute approximate surface area is 124 Å². The molecule has 5 nitrogen and oxygen atoms in total. The molecule has 110 valence electrons. The van der Waals surface area contributed by atoms with Gasteiger partial charge in [0.05, 0.1) is 18.8 Å². The van der Waals surface area contributed by atoms with Crippen LogP contribution in [0, 0.1) is 6.92 Å². The van der Waals surface area contributed by atoms with Crippen molar-refractivity contribution in [2.45, 2.75) is 32.5 Å². The standard InChI is InChI=1S/C16H20N4O/c1-12-9-19-20(11-12)7-6-17-16(21)15-8-13-4-2-3-5-14(13)10-18-15/h2-5,9,11,15,18H,6-8,10H2,1H3,(H,17,21)/t15-/m1/s1. The van der Waals surface area contributed by atoms with Crippen LogP contribution in [-0.2, 0) is 24.3 Å². The molecule has 0 saturated carbocycles. The molecule has 2 heterocycles. The van der Waals surface area contributed by atoms with Gasteiger partial charge in [-0.15, -0.1) is 0 Å². The van der Waals surface area contributed by atoms with E-state index >= 15 is 0 Å². The van der Waals surface area contributed by atoms with Gasteiger partial charge in [-0.05, 0) is 30.0 Å². The quantitative estimate of drug-likeness (QED) is 0.881. The van der Waals surface area contributed by atoms with E-state index in [4.69, 9.17) is 0 Å². The van der Waals surface area contributed by atoms with Crippen molar-refractivity contribution in [3.05, 3.63) is 53.3 Å². The summed E-state index contributed by atoms with van der Waals surface area (Å²) in [7, 11) is 0. The first-order valence-corrected chi connectivity index (χ1v) is 7.29. The van der Waals surface area contributed by atoms with Gasteiger partial charge in [0.15, 0.2) is 0 Å². The second-order valence-electron chi connectivity index (χ2n) is 5.48. The number of nitrogens with one attached hydrogen (secondary N) is 2. The van der Waals surface area contributed by atoms with E-state index in [1.54, 1.807) is 0 Å². The van der Waals surface area contributed by atoms with Gasteiger partial charge in [-0.3, -0.25) is 9.48 Å². The number of hydrogen-bond acceptors (Lipinski definition) is 3. The molecule has 0 radical (unpaired) electrons. The topological polar surface area (TPSA) is 59.0 Å². The van der Waals surface area contributed by atoms with Gasteiger partial charge in [-0.2, -0.15) is 5.10 Å². The molecule has 1 atom stereocenters. The summed E-state index contributed by atoms with van der Waals surface area (Å²) in [5.41, 5.74) is 3.68. The molecule has 0 spiro atoms. The monoisotopic (exact) mass is 284 g/mol. The lowest BCUT2D eigenvalue weighted by atomic mass is 9.95. The average Bonchev–Trinajstić information content (AvgIpc) is 2.92. The molecule has 0 unspecified atom stereocenters. The van der Waals surface area contributed by atoms with Crippen LogP contribution in [0.1, 0.15) is 16.7 Å². The van der Waals surface area contributed by atoms with Crippen LogP contribution in [-0.4, -0.2) is 28.3 Å². The summed E-state index contributed by atoms with van der Waals surface area (Å²) in [5.74, 6) is 0.0633. The van der Waals surface area contributed by atoms with Crippen molar-refractivity contribution in [1.82, 2.24) is 20.4 Å². The van der Waals surface area contributed by atoms with E-state index in [2.05, 4.69) is 27.9 Å². The van der Waals surface area contributed by atoms with Gasteiger partial charge < -0.3 is 10.6 Å². The Morgan fingerprint density at radius 1 is 1.43 bits per heavy atom.